The summed E-state index contributed by atoms with van der Waals surface area (Å²) in [6.07, 6.45) is 1.29. The third kappa shape index (κ3) is 2.06. The molecule has 0 aromatic carbocycles. The number of likely N-dealkylation sites (tertiary alicyclic amines) is 1. The van der Waals surface area contributed by atoms with Gasteiger partial charge in [0.1, 0.15) is 12.0 Å². The molecule has 6 heteroatoms. The highest BCUT2D eigenvalue weighted by atomic mass is 16.4. The summed E-state index contributed by atoms with van der Waals surface area (Å²) < 4.78 is 4.99. The van der Waals surface area contributed by atoms with Crippen molar-refractivity contribution in [2.45, 2.75) is 19.9 Å². The van der Waals surface area contributed by atoms with Gasteiger partial charge in [-0.3, -0.25) is 14.5 Å². The molecule has 1 aliphatic heterocycles. The van der Waals surface area contributed by atoms with Crippen LogP contribution in [0.5, 0.6) is 0 Å². The predicted molar refractivity (Wildman–Crippen MR) is 55.0 cm³/mol. The fraction of sp³-hybridized carbons (Fsp3) is 0.364. The van der Waals surface area contributed by atoms with Crippen LogP contribution in [0.1, 0.15) is 29.5 Å². The highest BCUT2D eigenvalue weighted by Crippen LogP contribution is 2.21. The van der Waals surface area contributed by atoms with Crippen LogP contribution in [-0.4, -0.2) is 27.8 Å². The lowest BCUT2D eigenvalue weighted by atomic mass is 10.1. The SMILES string of the molecule is CC1CC(=O)N(Cc2cc(C(=O)O)co2)C1=O. The number of aromatic carboxylic acids is 1. The molecule has 1 saturated heterocycles. The Bertz CT molecular complexity index is 490. The standard InChI is InChI=1S/C11H11NO5/c1-6-2-9(13)12(10(6)14)4-8-3-7(5-17-8)11(15)16/h3,5-6H,2,4H2,1H3,(H,15,16). The molecule has 90 valence electrons. The van der Waals surface area contributed by atoms with E-state index in [4.69, 9.17) is 9.52 Å². The third-order valence-electron chi connectivity index (χ3n) is 2.68. The van der Waals surface area contributed by atoms with Crippen molar-refractivity contribution in [1.82, 2.24) is 4.90 Å². The van der Waals surface area contributed by atoms with Gasteiger partial charge in [0.2, 0.25) is 11.8 Å². The lowest BCUT2D eigenvalue weighted by Gasteiger charge is -2.11. The fourth-order valence-corrected chi connectivity index (χ4v) is 1.75. The summed E-state index contributed by atoms with van der Waals surface area (Å²) in [5.74, 6) is -1.62. The molecule has 0 spiro atoms. The maximum atomic E-state index is 11.6. The largest absolute Gasteiger partial charge is 0.478 e. The number of carboxylic acid groups (broad SMARTS) is 1. The van der Waals surface area contributed by atoms with E-state index in [1.807, 2.05) is 0 Å². The zero-order valence-corrected chi connectivity index (χ0v) is 9.17. The second-order valence-corrected chi connectivity index (χ2v) is 4.03. The topological polar surface area (TPSA) is 87.8 Å². The molecule has 1 aromatic rings. The van der Waals surface area contributed by atoms with Crippen molar-refractivity contribution in [3.8, 4) is 0 Å². The lowest BCUT2D eigenvalue weighted by Crippen LogP contribution is -2.29. The minimum Gasteiger partial charge on any atom is -0.478 e. The van der Waals surface area contributed by atoms with Gasteiger partial charge in [-0.2, -0.15) is 0 Å². The molecule has 6 nitrogen and oxygen atoms in total. The van der Waals surface area contributed by atoms with E-state index < -0.39 is 5.97 Å². The average molecular weight is 237 g/mol. The van der Waals surface area contributed by atoms with Gasteiger partial charge in [0, 0.05) is 12.3 Å². The quantitative estimate of drug-likeness (QED) is 0.788. The first-order valence-electron chi connectivity index (χ1n) is 5.14. The number of carbonyl (C=O) groups is 3. The second-order valence-electron chi connectivity index (χ2n) is 4.03. The number of imide groups is 1. The van der Waals surface area contributed by atoms with Gasteiger partial charge < -0.3 is 9.52 Å². The van der Waals surface area contributed by atoms with Gasteiger partial charge in [-0.05, 0) is 6.07 Å². The molecule has 1 N–H and O–H groups in total. The monoisotopic (exact) mass is 237 g/mol. The minimum absolute atomic E-state index is 0.00468. The maximum absolute atomic E-state index is 11.6. The van der Waals surface area contributed by atoms with Crippen molar-refractivity contribution < 1.29 is 23.9 Å². The van der Waals surface area contributed by atoms with Gasteiger partial charge in [-0.1, -0.05) is 6.92 Å². The zero-order chi connectivity index (χ0) is 12.6. The molecule has 2 amide bonds. The van der Waals surface area contributed by atoms with E-state index in [-0.39, 0.29) is 36.3 Å². The summed E-state index contributed by atoms with van der Waals surface area (Å²) in [7, 11) is 0. The highest BCUT2D eigenvalue weighted by molar-refractivity contribution is 6.03. The summed E-state index contributed by atoms with van der Waals surface area (Å²) in [6, 6.07) is 1.31. The molecule has 0 aliphatic carbocycles. The predicted octanol–water partition coefficient (Wildman–Crippen LogP) is 0.873. The molecular formula is C11H11NO5. The van der Waals surface area contributed by atoms with E-state index in [9.17, 15) is 14.4 Å². The first-order chi connectivity index (χ1) is 7.99. The Morgan fingerprint density at radius 2 is 2.29 bits per heavy atom. The van der Waals surface area contributed by atoms with E-state index in [1.165, 1.54) is 6.07 Å². The number of hydrogen-bond acceptors (Lipinski definition) is 4. The lowest BCUT2D eigenvalue weighted by molar-refractivity contribution is -0.140. The van der Waals surface area contributed by atoms with Crippen LogP contribution in [0.15, 0.2) is 16.7 Å². The molecule has 1 aliphatic rings. The Morgan fingerprint density at radius 3 is 2.76 bits per heavy atom. The number of rotatable bonds is 3. The molecule has 1 atom stereocenters. The Balaban J connectivity index is 2.13. The number of carbonyl (C=O) groups excluding carboxylic acids is 2. The van der Waals surface area contributed by atoms with Gasteiger partial charge >= 0.3 is 5.97 Å². The van der Waals surface area contributed by atoms with Gasteiger partial charge in [0.15, 0.2) is 0 Å². The zero-order valence-electron chi connectivity index (χ0n) is 9.17. The first kappa shape index (κ1) is 11.4. The van der Waals surface area contributed by atoms with Crippen LogP contribution in [-0.2, 0) is 16.1 Å². The van der Waals surface area contributed by atoms with E-state index in [0.29, 0.717) is 5.76 Å². The number of hydrogen-bond donors (Lipinski definition) is 1. The fourth-order valence-electron chi connectivity index (χ4n) is 1.75. The molecule has 1 unspecified atom stereocenters. The molecular weight excluding hydrogens is 226 g/mol. The molecule has 0 saturated carbocycles. The van der Waals surface area contributed by atoms with Crippen LogP contribution in [0.3, 0.4) is 0 Å². The molecule has 1 fully saturated rings. The van der Waals surface area contributed by atoms with Gasteiger partial charge in [0.05, 0.1) is 12.1 Å². The van der Waals surface area contributed by atoms with Crippen molar-refractivity contribution in [2.24, 2.45) is 5.92 Å². The Kier molecular flexibility index (Phi) is 2.71. The Morgan fingerprint density at radius 1 is 1.59 bits per heavy atom. The minimum atomic E-state index is -1.10. The number of nitrogens with zero attached hydrogens (tertiary/aromatic N) is 1. The van der Waals surface area contributed by atoms with Crippen LogP contribution >= 0.6 is 0 Å². The second kappa shape index (κ2) is 4.04. The van der Waals surface area contributed by atoms with Crippen LogP contribution < -0.4 is 0 Å². The number of carboxylic acids is 1. The van der Waals surface area contributed by atoms with Gasteiger partial charge in [-0.15, -0.1) is 0 Å². The molecule has 0 bridgehead atoms. The normalized spacial score (nSPS) is 20.1. The summed E-state index contributed by atoms with van der Waals surface area (Å²) in [5.41, 5.74) is 0.00661. The van der Waals surface area contributed by atoms with E-state index in [2.05, 4.69) is 0 Å². The van der Waals surface area contributed by atoms with Crippen LogP contribution in [0.4, 0.5) is 0 Å². The smallest absolute Gasteiger partial charge is 0.338 e. The van der Waals surface area contributed by atoms with Crippen molar-refractivity contribution in [2.75, 3.05) is 0 Å². The van der Waals surface area contributed by atoms with E-state index >= 15 is 0 Å². The van der Waals surface area contributed by atoms with Crippen LogP contribution in [0.25, 0.3) is 0 Å². The van der Waals surface area contributed by atoms with Crippen LogP contribution in [0.2, 0.25) is 0 Å². The van der Waals surface area contributed by atoms with E-state index in [0.717, 1.165) is 11.2 Å². The van der Waals surface area contributed by atoms with E-state index in [1.54, 1.807) is 6.92 Å². The first-order valence-corrected chi connectivity index (χ1v) is 5.14. The third-order valence-corrected chi connectivity index (χ3v) is 2.68. The summed E-state index contributed by atoms with van der Waals surface area (Å²) in [4.78, 5) is 34.8. The molecule has 2 rings (SSSR count). The highest BCUT2D eigenvalue weighted by Gasteiger charge is 2.35. The average Bonchev–Trinajstić information content (AvgIpc) is 2.80. The summed E-state index contributed by atoms with van der Waals surface area (Å²) in [5, 5.41) is 8.70. The summed E-state index contributed by atoms with van der Waals surface area (Å²) in [6.45, 7) is 1.68. The van der Waals surface area contributed by atoms with Crippen molar-refractivity contribution in [3.63, 3.8) is 0 Å². The molecule has 1 aromatic heterocycles. The summed E-state index contributed by atoms with van der Waals surface area (Å²) >= 11 is 0. The van der Waals surface area contributed by atoms with Crippen molar-refractivity contribution in [3.05, 3.63) is 23.7 Å². The van der Waals surface area contributed by atoms with Crippen molar-refractivity contribution >= 4 is 17.8 Å². The Hall–Kier alpha value is -2.11. The Labute approximate surface area is 96.8 Å². The van der Waals surface area contributed by atoms with Gasteiger partial charge in [0.25, 0.3) is 0 Å². The molecule has 0 radical (unpaired) electrons. The maximum Gasteiger partial charge on any atom is 0.338 e. The van der Waals surface area contributed by atoms with Crippen LogP contribution in [0, 0.1) is 5.92 Å². The molecule has 17 heavy (non-hydrogen) atoms. The number of furan rings is 1. The van der Waals surface area contributed by atoms with Gasteiger partial charge in [-0.25, -0.2) is 4.79 Å². The van der Waals surface area contributed by atoms with Crippen molar-refractivity contribution in [1.29, 1.82) is 0 Å². The molecule has 2 heterocycles. The number of amides is 2.